The molecule has 0 saturated carbocycles. The largest absolute Gasteiger partial charge is 0.455 e. The van der Waals surface area contributed by atoms with Crippen LogP contribution in [0, 0.1) is 0 Å². The number of benzene rings is 8. The van der Waals surface area contributed by atoms with Gasteiger partial charge in [0.25, 0.3) is 0 Å². The van der Waals surface area contributed by atoms with Crippen molar-refractivity contribution >= 4 is 43.5 Å². The maximum atomic E-state index is 6.67. The summed E-state index contributed by atoms with van der Waals surface area (Å²) in [6.45, 7) is 0. The number of rotatable bonds is 5. The molecule has 0 radical (unpaired) electrons. The highest BCUT2D eigenvalue weighted by Crippen LogP contribution is 2.41. The minimum atomic E-state index is 0.599. The standard InChI is InChI=1S/C47H29N3O/c1-3-11-30(12-4-1)35-24-21-32-23-26-37(29-38(32)28-35)46-48-45(33-14-5-2-6-15-33)49-47(50-46)41-19-10-20-42-43(41)40-18-9-17-39(44(40)51-42)36-25-22-31-13-7-8-16-34(31)27-36/h1-29H. The fourth-order valence-electron chi connectivity index (χ4n) is 7.16. The Morgan fingerprint density at radius 2 is 0.902 bits per heavy atom. The van der Waals surface area contributed by atoms with Crippen LogP contribution in [-0.2, 0) is 0 Å². The Kier molecular flexibility index (Phi) is 6.78. The molecule has 10 aromatic rings. The molecule has 0 aliphatic heterocycles. The maximum absolute atomic E-state index is 6.67. The van der Waals surface area contributed by atoms with Crippen LogP contribution in [-0.4, -0.2) is 15.0 Å². The van der Waals surface area contributed by atoms with Gasteiger partial charge in [-0.15, -0.1) is 0 Å². The monoisotopic (exact) mass is 651 g/mol. The minimum absolute atomic E-state index is 0.599. The van der Waals surface area contributed by atoms with Crippen molar-refractivity contribution in [1.82, 2.24) is 15.0 Å². The second kappa shape index (κ2) is 11.9. The lowest BCUT2D eigenvalue weighted by Gasteiger charge is -2.10. The normalized spacial score (nSPS) is 11.5. The van der Waals surface area contributed by atoms with Gasteiger partial charge in [0.2, 0.25) is 0 Å². The molecular weight excluding hydrogens is 623 g/mol. The molecule has 0 saturated heterocycles. The molecule has 8 aromatic carbocycles. The summed E-state index contributed by atoms with van der Waals surface area (Å²) >= 11 is 0. The number of hydrogen-bond acceptors (Lipinski definition) is 4. The van der Waals surface area contributed by atoms with E-state index >= 15 is 0 Å². The smallest absolute Gasteiger partial charge is 0.164 e. The van der Waals surface area contributed by atoms with Crippen LogP contribution in [0.4, 0.5) is 0 Å². The van der Waals surface area contributed by atoms with Crippen LogP contribution in [0.2, 0.25) is 0 Å². The zero-order valence-corrected chi connectivity index (χ0v) is 27.5. The van der Waals surface area contributed by atoms with Gasteiger partial charge in [-0.1, -0.05) is 152 Å². The molecule has 0 fully saturated rings. The van der Waals surface area contributed by atoms with Crippen LogP contribution < -0.4 is 0 Å². The Morgan fingerprint density at radius 1 is 0.333 bits per heavy atom. The van der Waals surface area contributed by atoms with Crippen molar-refractivity contribution < 1.29 is 4.42 Å². The van der Waals surface area contributed by atoms with Gasteiger partial charge in [-0.05, 0) is 62.5 Å². The first-order valence-electron chi connectivity index (χ1n) is 17.1. The van der Waals surface area contributed by atoms with Gasteiger partial charge in [0.05, 0.1) is 0 Å². The first-order valence-corrected chi connectivity index (χ1v) is 17.1. The molecule has 0 N–H and O–H groups in total. The third-order valence-corrected chi connectivity index (χ3v) is 9.70. The van der Waals surface area contributed by atoms with Gasteiger partial charge < -0.3 is 4.42 Å². The number of furan rings is 1. The predicted octanol–water partition coefficient (Wildman–Crippen LogP) is 12.4. The van der Waals surface area contributed by atoms with Crippen molar-refractivity contribution in [3.8, 4) is 56.4 Å². The van der Waals surface area contributed by atoms with Crippen molar-refractivity contribution in [1.29, 1.82) is 0 Å². The highest BCUT2D eigenvalue weighted by Gasteiger charge is 2.20. The van der Waals surface area contributed by atoms with E-state index in [4.69, 9.17) is 19.4 Å². The van der Waals surface area contributed by atoms with E-state index in [-0.39, 0.29) is 0 Å². The molecule has 2 heterocycles. The van der Waals surface area contributed by atoms with Crippen LogP contribution in [0.5, 0.6) is 0 Å². The molecule has 10 rings (SSSR count). The average Bonchev–Trinajstić information content (AvgIpc) is 3.60. The van der Waals surface area contributed by atoms with E-state index in [1.807, 2.05) is 48.5 Å². The zero-order chi connectivity index (χ0) is 33.7. The van der Waals surface area contributed by atoms with Crippen molar-refractivity contribution in [2.45, 2.75) is 0 Å². The molecule has 238 valence electrons. The van der Waals surface area contributed by atoms with Gasteiger partial charge in [0.15, 0.2) is 17.5 Å². The van der Waals surface area contributed by atoms with Gasteiger partial charge in [-0.2, -0.15) is 0 Å². The van der Waals surface area contributed by atoms with Crippen LogP contribution in [0.25, 0.3) is 99.9 Å². The van der Waals surface area contributed by atoms with E-state index in [1.165, 1.54) is 21.9 Å². The third-order valence-electron chi connectivity index (χ3n) is 9.70. The van der Waals surface area contributed by atoms with Crippen LogP contribution in [0.15, 0.2) is 180 Å². The minimum Gasteiger partial charge on any atom is -0.455 e. The van der Waals surface area contributed by atoms with Gasteiger partial charge in [0.1, 0.15) is 11.2 Å². The lowest BCUT2D eigenvalue weighted by atomic mass is 9.98. The third kappa shape index (κ3) is 5.13. The maximum Gasteiger partial charge on any atom is 0.164 e. The van der Waals surface area contributed by atoms with Gasteiger partial charge in [-0.25, -0.2) is 15.0 Å². The topological polar surface area (TPSA) is 51.8 Å². The molecular formula is C47H29N3O. The predicted molar refractivity (Wildman–Crippen MR) is 209 cm³/mol. The van der Waals surface area contributed by atoms with Gasteiger partial charge in [0, 0.05) is 33.0 Å². The Hall–Kier alpha value is -6.91. The van der Waals surface area contributed by atoms with Crippen molar-refractivity contribution in [2.24, 2.45) is 0 Å². The van der Waals surface area contributed by atoms with E-state index in [2.05, 4.69) is 127 Å². The lowest BCUT2D eigenvalue weighted by Crippen LogP contribution is -2.00. The Bertz CT molecular complexity index is 2910. The lowest BCUT2D eigenvalue weighted by molar-refractivity contribution is 0.670. The molecule has 2 aromatic heterocycles. The number of aromatic nitrogens is 3. The molecule has 51 heavy (non-hydrogen) atoms. The summed E-state index contributed by atoms with van der Waals surface area (Å²) in [7, 11) is 0. The molecule has 0 aliphatic carbocycles. The summed E-state index contributed by atoms with van der Waals surface area (Å²) in [5, 5.41) is 6.70. The molecule has 0 spiro atoms. The van der Waals surface area contributed by atoms with Crippen molar-refractivity contribution in [3.05, 3.63) is 176 Å². The van der Waals surface area contributed by atoms with E-state index < -0.39 is 0 Å². The summed E-state index contributed by atoms with van der Waals surface area (Å²) < 4.78 is 6.67. The Balaban J connectivity index is 1.16. The Morgan fingerprint density at radius 3 is 1.71 bits per heavy atom. The molecule has 0 bridgehead atoms. The van der Waals surface area contributed by atoms with Crippen molar-refractivity contribution in [3.63, 3.8) is 0 Å². The quantitative estimate of drug-likeness (QED) is 0.186. The number of fused-ring (bicyclic) bond motifs is 5. The second-order valence-electron chi connectivity index (χ2n) is 12.8. The fraction of sp³-hybridized carbons (Fsp3) is 0. The number of nitrogens with zero attached hydrogens (tertiary/aromatic N) is 3. The van der Waals surface area contributed by atoms with E-state index in [0.717, 1.165) is 60.5 Å². The summed E-state index contributed by atoms with van der Waals surface area (Å²) in [5.74, 6) is 1.84. The zero-order valence-electron chi connectivity index (χ0n) is 27.5. The Labute approximate surface area is 294 Å². The molecule has 4 heteroatoms. The molecule has 4 nitrogen and oxygen atoms in total. The van der Waals surface area contributed by atoms with E-state index in [0.29, 0.717) is 17.5 Å². The highest BCUT2D eigenvalue weighted by molar-refractivity contribution is 6.15. The summed E-state index contributed by atoms with van der Waals surface area (Å²) in [6.07, 6.45) is 0. The summed E-state index contributed by atoms with van der Waals surface area (Å²) in [6, 6.07) is 61.1. The SMILES string of the molecule is c1ccc(-c2ccc3ccc(-c4nc(-c5ccccc5)nc(-c5cccc6oc7c(-c8ccc9ccccc9c8)cccc7c56)n4)cc3c2)cc1. The number of para-hydroxylation sites is 1. The average molecular weight is 652 g/mol. The van der Waals surface area contributed by atoms with Gasteiger partial charge >= 0.3 is 0 Å². The molecule has 0 unspecified atom stereocenters. The summed E-state index contributed by atoms with van der Waals surface area (Å²) in [4.78, 5) is 15.3. The second-order valence-corrected chi connectivity index (χ2v) is 12.8. The van der Waals surface area contributed by atoms with Crippen LogP contribution in [0.3, 0.4) is 0 Å². The van der Waals surface area contributed by atoms with Crippen LogP contribution >= 0.6 is 0 Å². The summed E-state index contributed by atoms with van der Waals surface area (Å²) in [5.41, 5.74) is 8.90. The fourth-order valence-corrected chi connectivity index (χ4v) is 7.16. The van der Waals surface area contributed by atoms with Gasteiger partial charge in [-0.3, -0.25) is 0 Å². The first kappa shape index (κ1) is 29.0. The van der Waals surface area contributed by atoms with Crippen molar-refractivity contribution in [2.75, 3.05) is 0 Å². The van der Waals surface area contributed by atoms with E-state index in [9.17, 15) is 0 Å². The first-order chi connectivity index (χ1) is 25.2. The number of hydrogen-bond donors (Lipinski definition) is 0. The van der Waals surface area contributed by atoms with E-state index in [1.54, 1.807) is 0 Å². The van der Waals surface area contributed by atoms with Crippen LogP contribution in [0.1, 0.15) is 0 Å². The highest BCUT2D eigenvalue weighted by atomic mass is 16.3. The molecule has 0 aliphatic rings. The molecule has 0 amide bonds. The molecule has 0 atom stereocenters.